The predicted octanol–water partition coefficient (Wildman–Crippen LogP) is 3.10. The summed E-state index contributed by atoms with van der Waals surface area (Å²) in [7, 11) is 0. The second-order valence-electron chi connectivity index (χ2n) is 6.12. The lowest BCUT2D eigenvalue weighted by Crippen LogP contribution is -2.49. The van der Waals surface area contributed by atoms with Crippen LogP contribution in [-0.4, -0.2) is 46.3 Å². The smallest absolute Gasteiger partial charge is 0.275 e. The summed E-state index contributed by atoms with van der Waals surface area (Å²) >= 11 is 1.48. The first-order chi connectivity index (χ1) is 12.1. The number of fused-ring (bicyclic) bond motifs is 1. The lowest BCUT2D eigenvalue weighted by Gasteiger charge is -2.35. The molecule has 0 atom stereocenters. The van der Waals surface area contributed by atoms with Crippen LogP contribution in [0.15, 0.2) is 36.5 Å². The number of anilines is 1. The van der Waals surface area contributed by atoms with E-state index in [2.05, 4.69) is 26.4 Å². The summed E-state index contributed by atoms with van der Waals surface area (Å²) in [5.74, 6) is 0.0607. The monoisotopic (exact) mass is 356 g/mol. The topological polar surface area (TPSA) is 49.3 Å². The van der Waals surface area contributed by atoms with Crippen LogP contribution in [0.25, 0.3) is 10.1 Å². The number of hydrogen-bond acceptors (Lipinski definition) is 5. The number of hydrogen-bond donors (Lipinski definition) is 0. The molecular formula is C18H17FN4OS. The summed E-state index contributed by atoms with van der Waals surface area (Å²) in [6.07, 6.45) is 1.52. The van der Waals surface area contributed by atoms with E-state index < -0.39 is 5.82 Å². The average molecular weight is 356 g/mol. The zero-order chi connectivity index (χ0) is 17.4. The summed E-state index contributed by atoms with van der Waals surface area (Å²) in [5.41, 5.74) is 0.604. The van der Waals surface area contributed by atoms with E-state index in [9.17, 15) is 9.18 Å². The Morgan fingerprint density at radius 2 is 1.96 bits per heavy atom. The van der Waals surface area contributed by atoms with Crippen LogP contribution in [0.3, 0.4) is 0 Å². The van der Waals surface area contributed by atoms with Gasteiger partial charge in [-0.1, -0.05) is 12.1 Å². The third kappa shape index (κ3) is 2.95. The van der Waals surface area contributed by atoms with Crippen LogP contribution in [0.4, 0.5) is 10.2 Å². The Labute approximate surface area is 148 Å². The second-order valence-corrected chi connectivity index (χ2v) is 6.93. The molecule has 0 aliphatic carbocycles. The van der Waals surface area contributed by atoms with Gasteiger partial charge in [0.05, 0.1) is 4.70 Å². The lowest BCUT2D eigenvalue weighted by molar-refractivity contribution is 0.0735. The highest BCUT2D eigenvalue weighted by Gasteiger charge is 2.26. The first-order valence-corrected chi connectivity index (χ1v) is 8.91. The molecule has 2 aromatic heterocycles. The fourth-order valence-electron chi connectivity index (χ4n) is 3.06. The number of benzene rings is 1. The Hall–Kier alpha value is -2.54. The number of halogens is 1. The molecule has 1 aliphatic heterocycles. The van der Waals surface area contributed by atoms with Crippen LogP contribution >= 0.6 is 11.5 Å². The van der Waals surface area contributed by atoms with E-state index >= 15 is 0 Å². The van der Waals surface area contributed by atoms with Crippen molar-refractivity contribution in [2.24, 2.45) is 0 Å². The highest BCUT2D eigenvalue weighted by molar-refractivity contribution is 7.13. The minimum absolute atomic E-state index is 0.0989. The summed E-state index contributed by atoms with van der Waals surface area (Å²) in [5, 5.41) is 1.14. The normalized spacial score (nSPS) is 15.0. The number of rotatable bonds is 2. The quantitative estimate of drug-likeness (QED) is 0.708. The molecule has 1 aliphatic rings. The molecule has 1 fully saturated rings. The molecule has 0 unspecified atom stereocenters. The molecule has 4 rings (SSSR count). The maximum absolute atomic E-state index is 14.0. The molecule has 0 radical (unpaired) electrons. The fourth-order valence-corrected chi connectivity index (χ4v) is 3.86. The van der Waals surface area contributed by atoms with Crippen molar-refractivity contribution in [1.82, 2.24) is 14.3 Å². The van der Waals surface area contributed by atoms with Gasteiger partial charge in [0, 0.05) is 37.8 Å². The number of carbonyl (C=O) groups is 1. The average Bonchev–Trinajstić information content (AvgIpc) is 3.05. The molecule has 0 spiro atoms. The van der Waals surface area contributed by atoms with Gasteiger partial charge in [-0.05, 0) is 42.2 Å². The fraction of sp³-hybridized carbons (Fsp3) is 0.278. The van der Waals surface area contributed by atoms with Crippen LogP contribution in [0, 0.1) is 12.7 Å². The first-order valence-electron chi connectivity index (χ1n) is 8.14. The van der Waals surface area contributed by atoms with Gasteiger partial charge in [-0.2, -0.15) is 4.37 Å². The van der Waals surface area contributed by atoms with Crippen molar-refractivity contribution < 1.29 is 9.18 Å². The van der Waals surface area contributed by atoms with Gasteiger partial charge in [0.1, 0.15) is 5.82 Å². The van der Waals surface area contributed by atoms with Crippen molar-refractivity contribution in [3.63, 3.8) is 0 Å². The number of aryl methyl sites for hydroxylation is 1. The number of carbonyl (C=O) groups excluding carboxylic acids is 1. The second kappa shape index (κ2) is 6.40. The molecule has 1 amide bonds. The Bertz CT molecular complexity index is 934. The van der Waals surface area contributed by atoms with Crippen molar-refractivity contribution in [2.45, 2.75) is 6.92 Å². The third-order valence-corrected chi connectivity index (χ3v) is 5.22. The maximum atomic E-state index is 14.0. The van der Waals surface area contributed by atoms with Gasteiger partial charge < -0.3 is 9.80 Å². The van der Waals surface area contributed by atoms with Gasteiger partial charge in [0.2, 0.25) is 0 Å². The van der Waals surface area contributed by atoms with Crippen LogP contribution in [0.5, 0.6) is 0 Å². The SMILES string of the molecule is Cc1cnc(C(=O)N2CCN(c3nsc4ccccc34)CC2)c(F)c1. The number of nitrogens with zero attached hydrogens (tertiary/aromatic N) is 4. The van der Waals surface area contributed by atoms with Gasteiger partial charge in [-0.15, -0.1) is 0 Å². The summed E-state index contributed by atoms with van der Waals surface area (Å²) in [4.78, 5) is 20.3. The van der Waals surface area contributed by atoms with Gasteiger partial charge >= 0.3 is 0 Å². The lowest BCUT2D eigenvalue weighted by atomic mass is 10.2. The van der Waals surface area contributed by atoms with E-state index in [1.165, 1.54) is 23.8 Å². The highest BCUT2D eigenvalue weighted by Crippen LogP contribution is 2.29. The molecular weight excluding hydrogens is 339 g/mol. The molecule has 1 saturated heterocycles. The van der Waals surface area contributed by atoms with Crippen molar-refractivity contribution in [1.29, 1.82) is 0 Å². The largest absolute Gasteiger partial charge is 0.352 e. The number of amides is 1. The number of piperazine rings is 1. The van der Waals surface area contributed by atoms with E-state index in [-0.39, 0.29) is 11.6 Å². The van der Waals surface area contributed by atoms with Crippen LogP contribution in [-0.2, 0) is 0 Å². The van der Waals surface area contributed by atoms with Crippen molar-refractivity contribution >= 4 is 33.3 Å². The molecule has 25 heavy (non-hydrogen) atoms. The molecule has 0 bridgehead atoms. The van der Waals surface area contributed by atoms with Crippen molar-refractivity contribution in [3.8, 4) is 0 Å². The van der Waals surface area contributed by atoms with E-state index in [0.717, 1.165) is 15.9 Å². The Balaban J connectivity index is 1.49. The predicted molar refractivity (Wildman–Crippen MR) is 96.7 cm³/mol. The van der Waals surface area contributed by atoms with Crippen molar-refractivity contribution in [3.05, 3.63) is 53.6 Å². The molecule has 5 nitrogen and oxygen atoms in total. The van der Waals surface area contributed by atoms with E-state index in [1.807, 2.05) is 12.1 Å². The van der Waals surface area contributed by atoms with Crippen molar-refractivity contribution in [2.75, 3.05) is 31.1 Å². The van der Waals surface area contributed by atoms with E-state index in [1.54, 1.807) is 11.8 Å². The van der Waals surface area contributed by atoms with Gasteiger partial charge in [0.15, 0.2) is 11.5 Å². The molecule has 1 aromatic carbocycles. The third-order valence-electron chi connectivity index (χ3n) is 4.41. The first kappa shape index (κ1) is 16.0. The Morgan fingerprint density at radius 3 is 2.72 bits per heavy atom. The van der Waals surface area contributed by atoms with E-state index in [0.29, 0.717) is 31.7 Å². The summed E-state index contributed by atoms with van der Waals surface area (Å²) in [6, 6.07) is 9.48. The minimum Gasteiger partial charge on any atom is -0.352 e. The zero-order valence-corrected chi connectivity index (χ0v) is 14.6. The van der Waals surface area contributed by atoms with Crippen LogP contribution in [0.1, 0.15) is 16.1 Å². The van der Waals surface area contributed by atoms with Gasteiger partial charge in [0.25, 0.3) is 5.91 Å². The molecule has 128 valence electrons. The summed E-state index contributed by atoms with van der Waals surface area (Å²) < 4.78 is 19.7. The Morgan fingerprint density at radius 1 is 1.20 bits per heavy atom. The molecule has 7 heteroatoms. The Kier molecular flexibility index (Phi) is 4.09. The van der Waals surface area contributed by atoms with Gasteiger partial charge in [-0.3, -0.25) is 4.79 Å². The molecule has 3 aromatic rings. The molecule has 3 heterocycles. The number of pyridine rings is 1. The zero-order valence-electron chi connectivity index (χ0n) is 13.8. The summed E-state index contributed by atoms with van der Waals surface area (Å²) in [6.45, 7) is 4.15. The molecule has 0 N–H and O–H groups in total. The maximum Gasteiger partial charge on any atom is 0.275 e. The van der Waals surface area contributed by atoms with Gasteiger partial charge in [-0.25, -0.2) is 9.37 Å². The van der Waals surface area contributed by atoms with Crippen LogP contribution in [0.2, 0.25) is 0 Å². The molecule has 0 saturated carbocycles. The highest BCUT2D eigenvalue weighted by atomic mass is 32.1. The number of aromatic nitrogens is 2. The van der Waals surface area contributed by atoms with E-state index in [4.69, 9.17) is 0 Å². The minimum atomic E-state index is -0.557. The van der Waals surface area contributed by atoms with Crippen LogP contribution < -0.4 is 4.90 Å². The standard InChI is InChI=1S/C18H17FN4OS/c1-12-10-14(19)16(20-11-12)18(24)23-8-6-22(7-9-23)17-13-4-2-3-5-15(13)25-21-17/h2-5,10-11H,6-9H2,1H3.